The molecule has 1 amide bonds. The molecule has 5 heteroatoms. The Morgan fingerprint density at radius 1 is 1.42 bits per heavy atom. The van der Waals surface area contributed by atoms with Crippen molar-refractivity contribution >= 4 is 21.8 Å². The van der Waals surface area contributed by atoms with Crippen LogP contribution in [0, 0.1) is 0 Å². The number of ether oxygens (including phenoxy) is 2. The van der Waals surface area contributed by atoms with Crippen LogP contribution < -0.4 is 4.74 Å². The third kappa shape index (κ3) is 3.94. The summed E-state index contributed by atoms with van der Waals surface area (Å²) < 4.78 is 11.0. The van der Waals surface area contributed by atoms with Crippen molar-refractivity contribution in [3.63, 3.8) is 0 Å². The molecule has 0 N–H and O–H groups in total. The third-order valence-corrected chi connectivity index (χ3v) is 3.64. The Morgan fingerprint density at radius 3 is 2.63 bits per heavy atom. The maximum atomic E-state index is 12.6. The molecule has 0 fully saturated rings. The Labute approximate surface area is 122 Å². The summed E-state index contributed by atoms with van der Waals surface area (Å²) in [5, 5.41) is 0. The van der Waals surface area contributed by atoms with Gasteiger partial charge in [-0.1, -0.05) is 0 Å². The van der Waals surface area contributed by atoms with E-state index in [4.69, 9.17) is 9.47 Å². The largest absolute Gasteiger partial charge is 0.497 e. The van der Waals surface area contributed by atoms with E-state index < -0.39 is 0 Å². The van der Waals surface area contributed by atoms with E-state index in [-0.39, 0.29) is 11.9 Å². The van der Waals surface area contributed by atoms with Gasteiger partial charge in [-0.05, 0) is 48.0 Å². The second-order valence-corrected chi connectivity index (χ2v) is 5.10. The number of benzene rings is 1. The van der Waals surface area contributed by atoms with E-state index >= 15 is 0 Å². The first-order valence-corrected chi connectivity index (χ1v) is 6.97. The molecule has 4 nitrogen and oxygen atoms in total. The van der Waals surface area contributed by atoms with Crippen LogP contribution in [0.4, 0.5) is 0 Å². The summed E-state index contributed by atoms with van der Waals surface area (Å²) in [6.45, 7) is 5.07. The van der Waals surface area contributed by atoms with Crippen molar-refractivity contribution in [2.24, 2.45) is 0 Å². The predicted molar refractivity (Wildman–Crippen MR) is 78.7 cm³/mol. The van der Waals surface area contributed by atoms with Gasteiger partial charge in [0.05, 0.1) is 25.3 Å². The summed E-state index contributed by atoms with van der Waals surface area (Å²) in [7, 11) is 3.22. The molecule has 106 valence electrons. The summed E-state index contributed by atoms with van der Waals surface area (Å²) in [5.41, 5.74) is 0.601. The first-order chi connectivity index (χ1) is 9.04. The average Bonchev–Trinajstić information content (AvgIpc) is 2.40. The number of likely N-dealkylation sites (N-methyl/N-ethyl adjacent to an activating group) is 1. The molecule has 0 radical (unpaired) electrons. The Hall–Kier alpha value is -1.07. The Morgan fingerprint density at radius 2 is 2.11 bits per heavy atom. The van der Waals surface area contributed by atoms with Gasteiger partial charge >= 0.3 is 0 Å². The minimum absolute atomic E-state index is 0.0283. The molecular formula is C14H20BrNO3. The fraction of sp³-hybridized carbons (Fsp3) is 0.500. The lowest BCUT2D eigenvalue weighted by Crippen LogP contribution is -2.41. The summed E-state index contributed by atoms with van der Waals surface area (Å²) >= 11 is 3.41. The zero-order chi connectivity index (χ0) is 14.4. The second kappa shape index (κ2) is 7.50. The van der Waals surface area contributed by atoms with Crippen LogP contribution in [0.5, 0.6) is 5.75 Å². The normalized spacial score (nSPS) is 12.1. The predicted octanol–water partition coefficient (Wildman–Crippen LogP) is 2.95. The number of carbonyl (C=O) groups excluding carboxylic acids is 1. The molecule has 0 saturated heterocycles. The molecular weight excluding hydrogens is 310 g/mol. The highest BCUT2D eigenvalue weighted by molar-refractivity contribution is 9.10. The number of methoxy groups -OCH3 is 2. The monoisotopic (exact) mass is 329 g/mol. The van der Waals surface area contributed by atoms with Gasteiger partial charge in [-0.3, -0.25) is 4.79 Å². The van der Waals surface area contributed by atoms with E-state index in [2.05, 4.69) is 15.9 Å². The average molecular weight is 330 g/mol. The maximum Gasteiger partial charge on any atom is 0.255 e. The van der Waals surface area contributed by atoms with Gasteiger partial charge in [0.2, 0.25) is 0 Å². The Kier molecular flexibility index (Phi) is 6.31. The molecule has 0 saturated carbocycles. The van der Waals surface area contributed by atoms with Crippen LogP contribution in [-0.4, -0.2) is 44.2 Å². The molecule has 1 atom stereocenters. The van der Waals surface area contributed by atoms with Crippen LogP contribution in [0.1, 0.15) is 24.2 Å². The molecule has 0 aliphatic heterocycles. The van der Waals surface area contributed by atoms with Crippen LogP contribution in [0.3, 0.4) is 0 Å². The van der Waals surface area contributed by atoms with E-state index in [0.29, 0.717) is 24.5 Å². The highest BCUT2D eigenvalue weighted by Crippen LogP contribution is 2.24. The number of amides is 1. The van der Waals surface area contributed by atoms with Gasteiger partial charge < -0.3 is 14.4 Å². The highest BCUT2D eigenvalue weighted by Gasteiger charge is 2.22. The van der Waals surface area contributed by atoms with Crippen molar-refractivity contribution in [3.05, 3.63) is 28.2 Å². The first-order valence-electron chi connectivity index (χ1n) is 6.18. The fourth-order valence-corrected chi connectivity index (χ4v) is 2.35. The topological polar surface area (TPSA) is 38.8 Å². The second-order valence-electron chi connectivity index (χ2n) is 4.24. The summed E-state index contributed by atoms with van der Waals surface area (Å²) in [6, 6.07) is 5.41. The maximum absolute atomic E-state index is 12.6. The molecule has 0 aromatic heterocycles. The standard InChI is InChI=1S/C14H20BrNO3/c1-5-16(10(2)9-18-3)14(17)12-8-11(19-4)6-7-13(12)15/h6-8,10H,5,9H2,1-4H3. The van der Waals surface area contributed by atoms with Gasteiger partial charge in [0, 0.05) is 18.1 Å². The van der Waals surface area contributed by atoms with Gasteiger partial charge in [-0.25, -0.2) is 0 Å². The van der Waals surface area contributed by atoms with Gasteiger partial charge in [0.1, 0.15) is 5.75 Å². The van der Waals surface area contributed by atoms with Crippen molar-refractivity contribution in [3.8, 4) is 5.75 Å². The van der Waals surface area contributed by atoms with Crippen LogP contribution in [0.15, 0.2) is 22.7 Å². The molecule has 0 aliphatic carbocycles. The van der Waals surface area contributed by atoms with Crippen LogP contribution in [0.25, 0.3) is 0 Å². The van der Waals surface area contributed by atoms with Crippen LogP contribution >= 0.6 is 15.9 Å². The quantitative estimate of drug-likeness (QED) is 0.805. The molecule has 1 rings (SSSR count). The molecule has 0 heterocycles. The van der Waals surface area contributed by atoms with Crippen molar-refractivity contribution in [2.75, 3.05) is 27.4 Å². The van der Waals surface area contributed by atoms with E-state index in [0.717, 1.165) is 4.47 Å². The lowest BCUT2D eigenvalue weighted by Gasteiger charge is -2.28. The molecule has 0 spiro atoms. The minimum atomic E-state index is -0.0298. The number of halogens is 1. The van der Waals surface area contributed by atoms with Crippen LogP contribution in [0.2, 0.25) is 0 Å². The lowest BCUT2D eigenvalue weighted by atomic mass is 10.1. The van der Waals surface area contributed by atoms with Gasteiger partial charge in [0.25, 0.3) is 5.91 Å². The molecule has 0 aliphatic rings. The zero-order valence-electron chi connectivity index (χ0n) is 11.8. The highest BCUT2D eigenvalue weighted by atomic mass is 79.9. The van der Waals surface area contributed by atoms with Crippen molar-refractivity contribution < 1.29 is 14.3 Å². The Balaban J connectivity index is 3.03. The number of nitrogens with zero attached hydrogens (tertiary/aromatic N) is 1. The summed E-state index contributed by atoms with van der Waals surface area (Å²) in [5.74, 6) is 0.639. The SMILES string of the molecule is CCN(C(=O)c1cc(OC)ccc1Br)C(C)COC. The lowest BCUT2D eigenvalue weighted by molar-refractivity contribution is 0.0578. The third-order valence-electron chi connectivity index (χ3n) is 2.95. The molecule has 1 unspecified atom stereocenters. The van der Waals surface area contributed by atoms with Crippen molar-refractivity contribution in [2.45, 2.75) is 19.9 Å². The zero-order valence-corrected chi connectivity index (χ0v) is 13.4. The van der Waals surface area contributed by atoms with Gasteiger partial charge in [0.15, 0.2) is 0 Å². The minimum Gasteiger partial charge on any atom is -0.497 e. The number of carbonyl (C=O) groups is 1. The van der Waals surface area contributed by atoms with E-state index in [9.17, 15) is 4.79 Å². The molecule has 1 aromatic carbocycles. The summed E-state index contributed by atoms with van der Waals surface area (Å²) in [4.78, 5) is 14.3. The van der Waals surface area contributed by atoms with E-state index in [1.807, 2.05) is 26.0 Å². The molecule has 1 aromatic rings. The first kappa shape index (κ1) is 16.0. The summed E-state index contributed by atoms with van der Waals surface area (Å²) in [6.07, 6.45) is 0. The number of hydrogen-bond donors (Lipinski definition) is 0. The van der Waals surface area contributed by atoms with Crippen molar-refractivity contribution in [1.29, 1.82) is 0 Å². The number of rotatable bonds is 6. The Bertz CT molecular complexity index is 437. The molecule has 0 bridgehead atoms. The molecule has 19 heavy (non-hydrogen) atoms. The smallest absolute Gasteiger partial charge is 0.255 e. The van der Waals surface area contributed by atoms with Crippen LogP contribution in [-0.2, 0) is 4.74 Å². The number of hydrogen-bond acceptors (Lipinski definition) is 3. The van der Waals surface area contributed by atoms with Gasteiger partial charge in [-0.2, -0.15) is 0 Å². The van der Waals surface area contributed by atoms with E-state index in [1.165, 1.54) is 0 Å². The van der Waals surface area contributed by atoms with Crippen molar-refractivity contribution in [1.82, 2.24) is 4.90 Å². The fourth-order valence-electron chi connectivity index (χ4n) is 1.94. The van der Waals surface area contributed by atoms with Gasteiger partial charge in [-0.15, -0.1) is 0 Å². The van der Waals surface area contributed by atoms with E-state index in [1.54, 1.807) is 25.2 Å².